The summed E-state index contributed by atoms with van der Waals surface area (Å²) in [4.78, 5) is 13.0. The molecule has 1 amide bonds. The molecule has 180 valence electrons. The second-order valence-corrected chi connectivity index (χ2v) is 9.99. The molecule has 0 atom stereocenters. The van der Waals surface area contributed by atoms with Gasteiger partial charge in [0.15, 0.2) is 0 Å². The van der Waals surface area contributed by atoms with Crippen molar-refractivity contribution in [3.63, 3.8) is 0 Å². The third-order valence-corrected chi connectivity index (χ3v) is 6.70. The van der Waals surface area contributed by atoms with E-state index in [2.05, 4.69) is 15.1 Å². The predicted molar refractivity (Wildman–Crippen MR) is 133 cm³/mol. The van der Waals surface area contributed by atoms with Crippen molar-refractivity contribution in [2.24, 2.45) is 0 Å². The number of hydrogen-bond donors (Lipinski definition) is 2. The lowest BCUT2D eigenvalue weighted by molar-refractivity contribution is 0.0956. The number of rotatable bonds is 9. The summed E-state index contributed by atoms with van der Waals surface area (Å²) in [6, 6.07) is 22.5. The molecule has 0 aliphatic heterocycles. The molecule has 4 rings (SSSR count). The van der Waals surface area contributed by atoms with Crippen LogP contribution in [0.4, 0.5) is 4.39 Å². The Bertz CT molecular complexity index is 1400. The van der Waals surface area contributed by atoms with Gasteiger partial charge in [0.25, 0.3) is 5.91 Å². The SMILES string of the molecule is Cc1ccc(-c2nn(-c3ccc(F)cc3)cc2C(=O)NCCS(=O)(=O)NCc2ccccc2)cc1. The van der Waals surface area contributed by atoms with Gasteiger partial charge in [-0.05, 0) is 36.8 Å². The zero-order valence-electron chi connectivity index (χ0n) is 19.1. The fourth-order valence-corrected chi connectivity index (χ4v) is 4.35. The number of hydrogen-bond acceptors (Lipinski definition) is 4. The molecule has 1 aromatic heterocycles. The summed E-state index contributed by atoms with van der Waals surface area (Å²) in [5.41, 5.74) is 3.96. The van der Waals surface area contributed by atoms with Crippen LogP contribution in [0.2, 0.25) is 0 Å². The summed E-state index contributed by atoms with van der Waals surface area (Å²) in [7, 11) is -3.59. The van der Waals surface area contributed by atoms with Gasteiger partial charge in [0.1, 0.15) is 11.5 Å². The van der Waals surface area contributed by atoms with Gasteiger partial charge in [-0.3, -0.25) is 4.79 Å². The Morgan fingerprint density at radius 1 is 0.971 bits per heavy atom. The maximum Gasteiger partial charge on any atom is 0.255 e. The molecule has 7 nitrogen and oxygen atoms in total. The number of halogens is 1. The van der Waals surface area contributed by atoms with Crippen LogP contribution in [0.15, 0.2) is 85.1 Å². The van der Waals surface area contributed by atoms with E-state index in [1.807, 2.05) is 61.5 Å². The number of sulfonamides is 1. The Kier molecular flexibility index (Phi) is 7.38. The van der Waals surface area contributed by atoms with Gasteiger partial charge in [0.2, 0.25) is 10.0 Å². The van der Waals surface area contributed by atoms with Crippen LogP contribution in [0.5, 0.6) is 0 Å². The normalized spacial score (nSPS) is 11.4. The van der Waals surface area contributed by atoms with E-state index in [0.29, 0.717) is 11.4 Å². The molecule has 0 saturated carbocycles. The third-order valence-electron chi connectivity index (χ3n) is 5.37. The lowest BCUT2D eigenvalue weighted by Gasteiger charge is -2.08. The first kappa shape index (κ1) is 24.3. The molecule has 4 aromatic rings. The Labute approximate surface area is 203 Å². The lowest BCUT2D eigenvalue weighted by Crippen LogP contribution is -2.34. The monoisotopic (exact) mass is 492 g/mol. The average Bonchev–Trinajstić information content (AvgIpc) is 3.30. The van der Waals surface area contributed by atoms with Crippen LogP contribution >= 0.6 is 0 Å². The van der Waals surface area contributed by atoms with E-state index in [1.54, 1.807) is 18.3 Å². The molecule has 1 heterocycles. The molecule has 3 aromatic carbocycles. The minimum absolute atomic E-state index is 0.0714. The molecule has 0 aliphatic rings. The van der Waals surface area contributed by atoms with Gasteiger partial charge in [-0.15, -0.1) is 0 Å². The molecule has 0 unspecified atom stereocenters. The highest BCUT2D eigenvalue weighted by atomic mass is 32.2. The number of benzene rings is 3. The van der Waals surface area contributed by atoms with Crippen LogP contribution in [0.25, 0.3) is 16.9 Å². The zero-order chi connectivity index (χ0) is 24.8. The highest BCUT2D eigenvalue weighted by molar-refractivity contribution is 7.89. The van der Waals surface area contributed by atoms with E-state index in [-0.39, 0.29) is 30.2 Å². The second-order valence-electron chi connectivity index (χ2n) is 8.06. The van der Waals surface area contributed by atoms with Crippen LogP contribution < -0.4 is 10.0 Å². The van der Waals surface area contributed by atoms with E-state index < -0.39 is 15.9 Å². The van der Waals surface area contributed by atoms with Gasteiger partial charge in [-0.2, -0.15) is 5.10 Å². The van der Waals surface area contributed by atoms with Gasteiger partial charge >= 0.3 is 0 Å². The van der Waals surface area contributed by atoms with Crippen molar-refractivity contribution in [1.82, 2.24) is 19.8 Å². The molecule has 9 heteroatoms. The first-order chi connectivity index (χ1) is 16.8. The fourth-order valence-electron chi connectivity index (χ4n) is 3.45. The lowest BCUT2D eigenvalue weighted by atomic mass is 10.1. The van der Waals surface area contributed by atoms with Crippen molar-refractivity contribution in [2.75, 3.05) is 12.3 Å². The highest BCUT2D eigenvalue weighted by Gasteiger charge is 2.19. The molecular weight excluding hydrogens is 467 g/mol. The summed E-state index contributed by atoms with van der Waals surface area (Å²) < 4.78 is 42.1. The van der Waals surface area contributed by atoms with Crippen molar-refractivity contribution < 1.29 is 17.6 Å². The van der Waals surface area contributed by atoms with Gasteiger partial charge in [0, 0.05) is 24.8 Å². The topological polar surface area (TPSA) is 93.1 Å². The van der Waals surface area contributed by atoms with Crippen molar-refractivity contribution in [1.29, 1.82) is 0 Å². The molecule has 0 saturated heterocycles. The van der Waals surface area contributed by atoms with Gasteiger partial charge in [-0.25, -0.2) is 22.2 Å². The van der Waals surface area contributed by atoms with Gasteiger partial charge < -0.3 is 5.32 Å². The Balaban J connectivity index is 1.48. The molecule has 0 bridgehead atoms. The molecule has 0 fully saturated rings. The van der Waals surface area contributed by atoms with Crippen molar-refractivity contribution in [3.05, 3.63) is 108 Å². The maximum absolute atomic E-state index is 13.4. The third kappa shape index (κ3) is 6.40. The second kappa shape index (κ2) is 10.6. The summed E-state index contributed by atoms with van der Waals surface area (Å²) in [6.07, 6.45) is 1.56. The highest BCUT2D eigenvalue weighted by Crippen LogP contribution is 2.24. The molecule has 0 spiro atoms. The number of nitrogens with one attached hydrogen (secondary N) is 2. The molecule has 0 radical (unpaired) electrons. The largest absolute Gasteiger partial charge is 0.351 e. The Hall–Kier alpha value is -3.82. The summed E-state index contributed by atoms with van der Waals surface area (Å²) in [6.45, 7) is 2.07. The van der Waals surface area contributed by atoms with Crippen molar-refractivity contribution >= 4 is 15.9 Å². The predicted octanol–water partition coefficient (Wildman–Crippen LogP) is 3.84. The van der Waals surface area contributed by atoms with E-state index in [0.717, 1.165) is 16.7 Å². The van der Waals surface area contributed by atoms with E-state index in [1.165, 1.54) is 16.8 Å². The van der Waals surface area contributed by atoms with Crippen LogP contribution in [0, 0.1) is 12.7 Å². The first-order valence-electron chi connectivity index (χ1n) is 11.0. The van der Waals surface area contributed by atoms with Gasteiger partial charge in [0.05, 0.1) is 17.0 Å². The number of aryl methyl sites for hydroxylation is 1. The minimum atomic E-state index is -3.59. The molecule has 2 N–H and O–H groups in total. The number of carbonyl (C=O) groups is 1. The molecule has 35 heavy (non-hydrogen) atoms. The number of amides is 1. The van der Waals surface area contributed by atoms with Crippen LogP contribution in [0.1, 0.15) is 21.5 Å². The minimum Gasteiger partial charge on any atom is -0.351 e. The van der Waals surface area contributed by atoms with Crippen LogP contribution in [-0.4, -0.2) is 36.4 Å². The quantitative estimate of drug-likeness (QED) is 0.371. The van der Waals surface area contributed by atoms with Gasteiger partial charge in [-0.1, -0.05) is 60.2 Å². The Morgan fingerprint density at radius 2 is 1.66 bits per heavy atom. The molecule has 0 aliphatic carbocycles. The number of aromatic nitrogens is 2. The molecular formula is C26H25FN4O3S. The Morgan fingerprint density at radius 3 is 2.34 bits per heavy atom. The van der Waals surface area contributed by atoms with E-state index >= 15 is 0 Å². The van der Waals surface area contributed by atoms with Crippen LogP contribution in [0.3, 0.4) is 0 Å². The average molecular weight is 493 g/mol. The standard InChI is InChI=1S/C26H25FN4O3S/c1-19-7-9-21(10-8-19)25-24(18-31(30-25)23-13-11-22(27)12-14-23)26(32)28-15-16-35(33,34)29-17-20-5-3-2-4-6-20/h2-14,18,29H,15-17H2,1H3,(H,28,32). The summed E-state index contributed by atoms with van der Waals surface area (Å²) in [5, 5.41) is 7.23. The zero-order valence-corrected chi connectivity index (χ0v) is 19.9. The fraction of sp³-hybridized carbons (Fsp3) is 0.154. The van der Waals surface area contributed by atoms with Crippen molar-refractivity contribution in [3.8, 4) is 16.9 Å². The smallest absolute Gasteiger partial charge is 0.255 e. The summed E-state index contributed by atoms with van der Waals surface area (Å²) in [5.74, 6) is -1.09. The number of carbonyl (C=O) groups excluding carboxylic acids is 1. The number of nitrogens with zero attached hydrogens (tertiary/aromatic N) is 2. The summed E-state index contributed by atoms with van der Waals surface area (Å²) >= 11 is 0. The maximum atomic E-state index is 13.4. The van der Waals surface area contributed by atoms with Crippen molar-refractivity contribution in [2.45, 2.75) is 13.5 Å². The first-order valence-corrected chi connectivity index (χ1v) is 12.7. The van der Waals surface area contributed by atoms with Crippen LogP contribution in [-0.2, 0) is 16.6 Å². The van der Waals surface area contributed by atoms with E-state index in [4.69, 9.17) is 0 Å². The van der Waals surface area contributed by atoms with E-state index in [9.17, 15) is 17.6 Å².